The van der Waals surface area contributed by atoms with Crippen molar-refractivity contribution in [3.05, 3.63) is 18.7 Å². The highest BCUT2D eigenvalue weighted by Gasteiger charge is 2.08. The summed E-state index contributed by atoms with van der Waals surface area (Å²) in [4.78, 5) is 11.3. The summed E-state index contributed by atoms with van der Waals surface area (Å²) in [7, 11) is -4.04. The minimum absolute atomic E-state index is 0.246. The Morgan fingerprint density at radius 3 is 1.77 bits per heavy atom. The molecular weight excluding hydrogens is 411 g/mol. The molecular formula is C24H49N2O4P. The van der Waals surface area contributed by atoms with E-state index in [1.165, 1.54) is 38.6 Å². The Hall–Kier alpha value is -0.680. The van der Waals surface area contributed by atoms with Crippen molar-refractivity contribution in [3.8, 4) is 0 Å². The summed E-state index contributed by atoms with van der Waals surface area (Å²) in [6.07, 6.45) is 21.2. The first-order valence-corrected chi connectivity index (χ1v) is 14.1. The number of hydrogen-bond donors (Lipinski definition) is 0. The van der Waals surface area contributed by atoms with Crippen molar-refractivity contribution in [1.29, 1.82) is 0 Å². The number of imidazole rings is 1. The predicted molar refractivity (Wildman–Crippen MR) is 127 cm³/mol. The maximum atomic E-state index is 11.3. The molecule has 0 spiro atoms. The lowest BCUT2D eigenvalue weighted by Gasteiger charge is -2.22. The Labute approximate surface area is 192 Å². The molecule has 1 aromatic rings. The van der Waals surface area contributed by atoms with Gasteiger partial charge in [0.05, 0.1) is 26.3 Å². The van der Waals surface area contributed by atoms with Crippen LogP contribution in [0.15, 0.2) is 18.7 Å². The molecule has 0 saturated heterocycles. The third-order valence-corrected chi connectivity index (χ3v) is 5.99. The number of unbranched alkanes of at least 4 members (excludes halogenated alkanes) is 9. The molecule has 0 saturated carbocycles. The average molecular weight is 461 g/mol. The van der Waals surface area contributed by atoms with Crippen molar-refractivity contribution in [3.63, 3.8) is 0 Å². The molecule has 0 atom stereocenters. The second-order valence-corrected chi connectivity index (χ2v) is 9.60. The molecule has 7 heteroatoms. The standard InChI is InChI=1S/C12H23N2.C12H27O4P/c1-3-5-6-7-9-14-11-10-13(12-14)8-4-2;1-3-5-7-9-11-15-17(13,14)16-12-10-8-6-4-2/h10-12H,3-9H2,1-2H3;3-12H2,1-2H3,(H,13,14)/q+1;/p-1. The van der Waals surface area contributed by atoms with Gasteiger partial charge in [0.25, 0.3) is 7.82 Å². The van der Waals surface area contributed by atoms with Gasteiger partial charge in [-0.05, 0) is 32.1 Å². The Bertz CT molecular complexity index is 533. The van der Waals surface area contributed by atoms with E-state index in [0.717, 1.165) is 57.9 Å². The molecule has 1 aromatic heterocycles. The van der Waals surface area contributed by atoms with E-state index >= 15 is 0 Å². The number of aromatic nitrogens is 2. The van der Waals surface area contributed by atoms with Crippen LogP contribution < -0.4 is 9.46 Å². The van der Waals surface area contributed by atoms with E-state index < -0.39 is 7.82 Å². The highest BCUT2D eigenvalue weighted by atomic mass is 31.2. The molecule has 6 nitrogen and oxygen atoms in total. The number of phosphoric acid groups is 1. The molecule has 0 aromatic carbocycles. The van der Waals surface area contributed by atoms with Crippen LogP contribution >= 0.6 is 7.82 Å². The fourth-order valence-corrected chi connectivity index (χ4v) is 3.91. The van der Waals surface area contributed by atoms with Gasteiger partial charge >= 0.3 is 0 Å². The topological polar surface area (TPSA) is 67.4 Å². The van der Waals surface area contributed by atoms with Gasteiger partial charge in [-0.15, -0.1) is 0 Å². The molecule has 0 aliphatic heterocycles. The van der Waals surface area contributed by atoms with Gasteiger partial charge in [0.2, 0.25) is 6.33 Å². The van der Waals surface area contributed by atoms with E-state index in [4.69, 9.17) is 9.05 Å². The third kappa shape index (κ3) is 19.7. The van der Waals surface area contributed by atoms with Gasteiger partial charge in [0.15, 0.2) is 0 Å². The Morgan fingerprint density at radius 1 is 0.774 bits per heavy atom. The minimum atomic E-state index is -4.04. The summed E-state index contributed by atoms with van der Waals surface area (Å²) in [5, 5.41) is 0. The quantitative estimate of drug-likeness (QED) is 0.136. The van der Waals surface area contributed by atoms with Crippen LogP contribution in [0.2, 0.25) is 0 Å². The van der Waals surface area contributed by atoms with E-state index in [9.17, 15) is 9.46 Å². The van der Waals surface area contributed by atoms with Crippen LogP contribution in [-0.2, 0) is 26.7 Å². The van der Waals surface area contributed by atoms with Crippen LogP contribution in [0.5, 0.6) is 0 Å². The zero-order valence-electron chi connectivity index (χ0n) is 20.7. The van der Waals surface area contributed by atoms with Crippen LogP contribution in [0.3, 0.4) is 0 Å². The summed E-state index contributed by atoms with van der Waals surface area (Å²) in [5.74, 6) is 0. The normalized spacial score (nSPS) is 11.4. The Morgan fingerprint density at radius 2 is 1.29 bits per heavy atom. The molecule has 0 fully saturated rings. The number of rotatable bonds is 19. The maximum absolute atomic E-state index is 11.3. The summed E-state index contributed by atoms with van der Waals surface area (Å²) >= 11 is 0. The summed E-state index contributed by atoms with van der Waals surface area (Å²) in [6.45, 7) is 11.5. The van der Waals surface area contributed by atoms with Gasteiger partial charge in [-0.2, -0.15) is 0 Å². The summed E-state index contributed by atoms with van der Waals surface area (Å²) < 4.78 is 25.4. The van der Waals surface area contributed by atoms with Gasteiger partial charge in [-0.3, -0.25) is 4.57 Å². The van der Waals surface area contributed by atoms with Crippen molar-refractivity contribution in [2.75, 3.05) is 13.2 Å². The number of phosphoric ester groups is 1. The first-order chi connectivity index (χ1) is 15.0. The van der Waals surface area contributed by atoms with Crippen LogP contribution in [0.4, 0.5) is 0 Å². The van der Waals surface area contributed by atoms with Crippen molar-refractivity contribution in [2.45, 2.75) is 124 Å². The predicted octanol–water partition coefficient (Wildman–Crippen LogP) is 6.41. The summed E-state index contributed by atoms with van der Waals surface area (Å²) in [6, 6.07) is 0. The van der Waals surface area contributed by atoms with Crippen molar-refractivity contribution in [1.82, 2.24) is 4.57 Å². The van der Waals surface area contributed by atoms with Gasteiger partial charge in [-0.1, -0.05) is 79.1 Å². The first-order valence-electron chi connectivity index (χ1n) is 12.6. The Balaban J connectivity index is 0.000000590. The summed E-state index contributed by atoms with van der Waals surface area (Å²) in [5.41, 5.74) is 0. The minimum Gasteiger partial charge on any atom is -0.756 e. The molecule has 0 bridgehead atoms. The largest absolute Gasteiger partial charge is 0.756 e. The maximum Gasteiger partial charge on any atom is 0.267 e. The zero-order chi connectivity index (χ0) is 23.2. The molecule has 0 amide bonds. The zero-order valence-corrected chi connectivity index (χ0v) is 21.6. The lowest BCUT2D eigenvalue weighted by molar-refractivity contribution is -0.696. The van der Waals surface area contributed by atoms with E-state index in [1.807, 2.05) is 0 Å². The van der Waals surface area contributed by atoms with Gasteiger partial charge in [0.1, 0.15) is 12.4 Å². The molecule has 31 heavy (non-hydrogen) atoms. The molecule has 0 radical (unpaired) electrons. The monoisotopic (exact) mass is 460 g/mol. The van der Waals surface area contributed by atoms with Gasteiger partial charge in [0, 0.05) is 0 Å². The molecule has 0 aliphatic rings. The van der Waals surface area contributed by atoms with Crippen molar-refractivity contribution < 1.29 is 23.1 Å². The van der Waals surface area contributed by atoms with Crippen molar-refractivity contribution >= 4 is 7.82 Å². The molecule has 1 rings (SSSR count). The Kier molecular flexibility index (Phi) is 20.7. The average Bonchev–Trinajstić information content (AvgIpc) is 3.19. The van der Waals surface area contributed by atoms with Gasteiger partial charge in [-0.25, -0.2) is 9.13 Å². The van der Waals surface area contributed by atoms with E-state index in [1.54, 1.807) is 0 Å². The van der Waals surface area contributed by atoms with Crippen LogP contribution in [0, 0.1) is 0 Å². The van der Waals surface area contributed by atoms with Crippen LogP contribution in [0.1, 0.15) is 111 Å². The smallest absolute Gasteiger partial charge is 0.267 e. The third-order valence-electron chi connectivity index (χ3n) is 4.99. The highest BCUT2D eigenvalue weighted by molar-refractivity contribution is 7.45. The molecule has 0 unspecified atom stereocenters. The van der Waals surface area contributed by atoms with Gasteiger partial charge < -0.3 is 13.9 Å². The number of nitrogens with zero attached hydrogens (tertiary/aromatic N) is 2. The fraction of sp³-hybridized carbons (Fsp3) is 0.875. The van der Waals surface area contributed by atoms with E-state index in [2.05, 4.69) is 55.6 Å². The molecule has 184 valence electrons. The van der Waals surface area contributed by atoms with Crippen LogP contribution in [-0.4, -0.2) is 17.8 Å². The van der Waals surface area contributed by atoms with E-state index in [0.29, 0.717) is 0 Å². The second kappa shape index (κ2) is 21.2. The SMILES string of the molecule is CCCCCCOP(=O)([O-])OCCCCCC.CCCCCCn1cc[n+](CCC)c1. The van der Waals surface area contributed by atoms with E-state index in [-0.39, 0.29) is 13.2 Å². The number of aryl methyl sites for hydroxylation is 2. The lowest BCUT2D eigenvalue weighted by Crippen LogP contribution is -2.30. The number of hydrogen-bond acceptors (Lipinski definition) is 4. The molecule has 0 N–H and O–H groups in total. The molecule has 1 heterocycles. The highest BCUT2D eigenvalue weighted by Crippen LogP contribution is 2.38. The fourth-order valence-electron chi connectivity index (χ4n) is 3.13. The first kappa shape index (κ1) is 30.3. The second-order valence-electron chi connectivity index (χ2n) is 8.18. The lowest BCUT2D eigenvalue weighted by atomic mass is 10.2. The van der Waals surface area contributed by atoms with Crippen LogP contribution in [0.25, 0.3) is 0 Å². The van der Waals surface area contributed by atoms with Crippen molar-refractivity contribution in [2.24, 2.45) is 0 Å². The molecule has 0 aliphatic carbocycles.